The van der Waals surface area contributed by atoms with Crippen LogP contribution < -0.4 is 4.74 Å². The number of nitrogens with zero attached hydrogens (tertiary/aromatic N) is 1. The first kappa shape index (κ1) is 13.4. The molecular formula is C15H23NO2. The Morgan fingerprint density at radius 3 is 2.61 bits per heavy atom. The fraction of sp³-hybridized carbons (Fsp3) is 0.600. The van der Waals surface area contributed by atoms with Gasteiger partial charge in [0.1, 0.15) is 12.4 Å². The summed E-state index contributed by atoms with van der Waals surface area (Å²) < 4.78 is 11.3. The van der Waals surface area contributed by atoms with Gasteiger partial charge in [-0.3, -0.25) is 0 Å². The number of hydrogen-bond donors (Lipinski definition) is 0. The summed E-state index contributed by atoms with van der Waals surface area (Å²) in [5.74, 6) is 0.959. The average Bonchev–Trinajstić information content (AvgIpc) is 2.89. The molecule has 1 fully saturated rings. The minimum Gasteiger partial charge on any atom is -0.491 e. The van der Waals surface area contributed by atoms with Crippen molar-refractivity contribution >= 4 is 0 Å². The summed E-state index contributed by atoms with van der Waals surface area (Å²) in [6.45, 7) is 7.71. The molecule has 1 aliphatic rings. The maximum absolute atomic E-state index is 5.67. The molecule has 3 heteroatoms. The zero-order chi connectivity index (χ0) is 12.6. The highest BCUT2D eigenvalue weighted by Crippen LogP contribution is 2.15. The standard InChI is InChI=1S/C15H23NO2/c1-14-6-2-3-7-15(14)18-13-12-17-11-10-16-8-4-5-9-16/h2-3,6-7H,4-5,8-13H2,1H3. The Hall–Kier alpha value is -1.06. The maximum atomic E-state index is 5.67. The third kappa shape index (κ3) is 4.31. The summed E-state index contributed by atoms with van der Waals surface area (Å²) in [7, 11) is 0. The van der Waals surface area contributed by atoms with Crippen molar-refractivity contribution in [3.05, 3.63) is 29.8 Å². The lowest BCUT2D eigenvalue weighted by Gasteiger charge is -2.14. The normalized spacial score (nSPS) is 16.1. The average molecular weight is 249 g/mol. The van der Waals surface area contributed by atoms with Gasteiger partial charge in [0.2, 0.25) is 0 Å². The van der Waals surface area contributed by atoms with Crippen LogP contribution in [0.2, 0.25) is 0 Å². The number of benzene rings is 1. The van der Waals surface area contributed by atoms with Crippen LogP contribution in [0.1, 0.15) is 18.4 Å². The Bertz CT molecular complexity index is 348. The molecule has 2 rings (SSSR count). The fourth-order valence-electron chi connectivity index (χ4n) is 2.23. The van der Waals surface area contributed by atoms with Crippen LogP contribution in [0.25, 0.3) is 0 Å². The van der Waals surface area contributed by atoms with Crippen molar-refractivity contribution in [1.82, 2.24) is 4.90 Å². The number of hydrogen-bond acceptors (Lipinski definition) is 3. The van der Waals surface area contributed by atoms with E-state index < -0.39 is 0 Å². The molecule has 0 unspecified atom stereocenters. The Morgan fingerprint density at radius 2 is 1.83 bits per heavy atom. The van der Waals surface area contributed by atoms with Crippen molar-refractivity contribution < 1.29 is 9.47 Å². The lowest BCUT2D eigenvalue weighted by Crippen LogP contribution is -2.24. The number of rotatable bonds is 7. The monoisotopic (exact) mass is 249 g/mol. The van der Waals surface area contributed by atoms with E-state index in [0.29, 0.717) is 13.2 Å². The van der Waals surface area contributed by atoms with E-state index in [1.165, 1.54) is 31.5 Å². The Kier molecular flexibility index (Phi) is 5.49. The zero-order valence-electron chi connectivity index (χ0n) is 11.2. The third-order valence-corrected chi connectivity index (χ3v) is 3.33. The first-order valence-electron chi connectivity index (χ1n) is 6.85. The molecule has 1 saturated heterocycles. The quantitative estimate of drug-likeness (QED) is 0.693. The molecule has 0 aliphatic carbocycles. The summed E-state index contributed by atoms with van der Waals surface area (Å²) in [5.41, 5.74) is 1.18. The van der Waals surface area contributed by atoms with Crippen LogP contribution in [0.5, 0.6) is 5.75 Å². The summed E-state index contributed by atoms with van der Waals surface area (Å²) in [6, 6.07) is 8.08. The van der Waals surface area contributed by atoms with Gasteiger partial charge in [0.15, 0.2) is 0 Å². The molecule has 0 atom stereocenters. The molecule has 0 bridgehead atoms. The van der Waals surface area contributed by atoms with Gasteiger partial charge in [-0.15, -0.1) is 0 Å². The van der Waals surface area contributed by atoms with Gasteiger partial charge in [0.25, 0.3) is 0 Å². The van der Waals surface area contributed by atoms with Crippen LogP contribution in [0.15, 0.2) is 24.3 Å². The summed E-state index contributed by atoms with van der Waals surface area (Å²) in [4.78, 5) is 2.46. The van der Waals surface area contributed by atoms with E-state index in [4.69, 9.17) is 9.47 Å². The molecule has 0 N–H and O–H groups in total. The van der Waals surface area contributed by atoms with Crippen LogP contribution in [0.3, 0.4) is 0 Å². The molecule has 0 aromatic heterocycles. The summed E-state index contributed by atoms with van der Waals surface area (Å²) in [6.07, 6.45) is 2.69. The number of aryl methyl sites for hydroxylation is 1. The lowest BCUT2D eigenvalue weighted by atomic mass is 10.2. The van der Waals surface area contributed by atoms with Gasteiger partial charge in [-0.2, -0.15) is 0 Å². The van der Waals surface area contributed by atoms with Gasteiger partial charge in [-0.1, -0.05) is 18.2 Å². The van der Waals surface area contributed by atoms with Crippen molar-refractivity contribution in [2.75, 3.05) is 39.5 Å². The van der Waals surface area contributed by atoms with Crippen LogP contribution in [0.4, 0.5) is 0 Å². The van der Waals surface area contributed by atoms with E-state index in [1.54, 1.807) is 0 Å². The highest BCUT2D eigenvalue weighted by molar-refractivity contribution is 5.31. The summed E-state index contributed by atoms with van der Waals surface area (Å²) >= 11 is 0. The highest BCUT2D eigenvalue weighted by atomic mass is 16.5. The van der Waals surface area contributed by atoms with Crippen LogP contribution in [0, 0.1) is 6.92 Å². The van der Waals surface area contributed by atoms with E-state index in [0.717, 1.165) is 18.9 Å². The molecule has 100 valence electrons. The van der Waals surface area contributed by atoms with Crippen molar-refractivity contribution in [1.29, 1.82) is 0 Å². The molecule has 1 aromatic carbocycles. The van der Waals surface area contributed by atoms with Gasteiger partial charge in [0.05, 0.1) is 13.2 Å². The van der Waals surface area contributed by atoms with Crippen LogP contribution >= 0.6 is 0 Å². The largest absolute Gasteiger partial charge is 0.491 e. The zero-order valence-corrected chi connectivity index (χ0v) is 11.2. The molecular weight excluding hydrogens is 226 g/mol. The maximum Gasteiger partial charge on any atom is 0.122 e. The van der Waals surface area contributed by atoms with Crippen molar-refractivity contribution in [3.8, 4) is 5.75 Å². The SMILES string of the molecule is Cc1ccccc1OCCOCCN1CCCC1. The molecule has 0 amide bonds. The molecule has 1 heterocycles. The lowest BCUT2D eigenvalue weighted by molar-refractivity contribution is 0.0844. The second kappa shape index (κ2) is 7.39. The van der Waals surface area contributed by atoms with E-state index in [9.17, 15) is 0 Å². The molecule has 0 radical (unpaired) electrons. The fourth-order valence-corrected chi connectivity index (χ4v) is 2.23. The van der Waals surface area contributed by atoms with Gasteiger partial charge in [-0.25, -0.2) is 0 Å². The second-order valence-corrected chi connectivity index (χ2v) is 4.78. The molecule has 18 heavy (non-hydrogen) atoms. The molecule has 0 saturated carbocycles. The molecule has 1 aliphatic heterocycles. The van der Waals surface area contributed by atoms with Crippen molar-refractivity contribution in [3.63, 3.8) is 0 Å². The Labute approximate surface area is 110 Å². The van der Waals surface area contributed by atoms with Gasteiger partial charge in [0, 0.05) is 6.54 Å². The van der Waals surface area contributed by atoms with Crippen LogP contribution in [-0.2, 0) is 4.74 Å². The van der Waals surface area contributed by atoms with Gasteiger partial charge < -0.3 is 14.4 Å². The van der Waals surface area contributed by atoms with E-state index in [2.05, 4.69) is 17.9 Å². The number of likely N-dealkylation sites (tertiary alicyclic amines) is 1. The van der Waals surface area contributed by atoms with Gasteiger partial charge in [-0.05, 0) is 44.5 Å². The van der Waals surface area contributed by atoms with Crippen molar-refractivity contribution in [2.24, 2.45) is 0 Å². The predicted molar refractivity (Wildman–Crippen MR) is 73.2 cm³/mol. The molecule has 0 spiro atoms. The Balaban J connectivity index is 1.52. The van der Waals surface area contributed by atoms with E-state index >= 15 is 0 Å². The predicted octanol–water partition coefficient (Wildman–Crippen LogP) is 2.49. The first-order chi connectivity index (χ1) is 8.86. The highest BCUT2D eigenvalue weighted by Gasteiger charge is 2.10. The topological polar surface area (TPSA) is 21.7 Å². The van der Waals surface area contributed by atoms with E-state index in [1.807, 2.05) is 18.2 Å². The third-order valence-electron chi connectivity index (χ3n) is 3.33. The van der Waals surface area contributed by atoms with Gasteiger partial charge >= 0.3 is 0 Å². The summed E-state index contributed by atoms with van der Waals surface area (Å²) in [5, 5.41) is 0. The number of para-hydroxylation sites is 1. The Morgan fingerprint density at radius 1 is 1.06 bits per heavy atom. The minimum absolute atomic E-state index is 0.630. The molecule has 1 aromatic rings. The van der Waals surface area contributed by atoms with E-state index in [-0.39, 0.29) is 0 Å². The van der Waals surface area contributed by atoms with Crippen molar-refractivity contribution in [2.45, 2.75) is 19.8 Å². The minimum atomic E-state index is 0.630. The molecule has 3 nitrogen and oxygen atoms in total. The first-order valence-corrected chi connectivity index (χ1v) is 6.85. The second-order valence-electron chi connectivity index (χ2n) is 4.78. The number of ether oxygens (including phenoxy) is 2. The smallest absolute Gasteiger partial charge is 0.122 e. The van der Waals surface area contributed by atoms with Crippen LogP contribution in [-0.4, -0.2) is 44.4 Å².